The normalized spacial score (nSPS) is 10.5. The van der Waals surface area contributed by atoms with Crippen molar-refractivity contribution in [3.63, 3.8) is 0 Å². The molecule has 2 aromatic rings. The fourth-order valence-electron chi connectivity index (χ4n) is 1.33. The van der Waals surface area contributed by atoms with Crippen LogP contribution < -0.4 is 0 Å². The maximum absolute atomic E-state index is 11.7. The third-order valence-electron chi connectivity index (χ3n) is 2.02. The smallest absolute Gasteiger partial charge is 0.203 e. The molecule has 78 valence electrons. The van der Waals surface area contributed by atoms with Crippen molar-refractivity contribution in [3.8, 4) is 0 Å². The van der Waals surface area contributed by atoms with Crippen molar-refractivity contribution < 1.29 is 9.21 Å². The Morgan fingerprint density at radius 1 is 1.47 bits per heavy atom. The fraction of sp³-hybridized carbons (Fsp3) is 0.273. The maximum Gasteiger partial charge on any atom is 0.203 e. The third kappa shape index (κ3) is 2.33. The van der Waals surface area contributed by atoms with Gasteiger partial charge in [0, 0.05) is 5.38 Å². The summed E-state index contributed by atoms with van der Waals surface area (Å²) in [4.78, 5) is 15.9. The van der Waals surface area contributed by atoms with Crippen molar-refractivity contribution in [3.05, 3.63) is 39.7 Å². The summed E-state index contributed by atoms with van der Waals surface area (Å²) in [5.74, 6) is 1.15. The first-order valence-corrected chi connectivity index (χ1v) is 5.54. The molecular weight excluding hydrogens is 210 g/mol. The monoisotopic (exact) mass is 221 g/mol. The van der Waals surface area contributed by atoms with Crippen molar-refractivity contribution in [2.24, 2.45) is 0 Å². The first-order valence-electron chi connectivity index (χ1n) is 4.66. The summed E-state index contributed by atoms with van der Waals surface area (Å²) in [5.41, 5.74) is 0.816. The van der Waals surface area contributed by atoms with Crippen LogP contribution in [0, 0.1) is 13.8 Å². The van der Waals surface area contributed by atoms with Gasteiger partial charge in [0.15, 0.2) is 5.76 Å². The number of furan rings is 1. The van der Waals surface area contributed by atoms with Crippen LogP contribution in [0.4, 0.5) is 0 Å². The third-order valence-corrected chi connectivity index (χ3v) is 2.85. The lowest BCUT2D eigenvalue weighted by Crippen LogP contribution is -2.02. The van der Waals surface area contributed by atoms with Crippen LogP contribution in [0.5, 0.6) is 0 Å². The number of aromatic nitrogens is 1. The maximum atomic E-state index is 11.7. The second-order valence-electron chi connectivity index (χ2n) is 3.37. The largest absolute Gasteiger partial charge is 0.458 e. The van der Waals surface area contributed by atoms with Gasteiger partial charge in [0.2, 0.25) is 5.78 Å². The number of hydrogen-bond donors (Lipinski definition) is 0. The van der Waals surface area contributed by atoms with Crippen LogP contribution in [0.1, 0.15) is 27.0 Å². The molecule has 0 aromatic carbocycles. The summed E-state index contributed by atoms with van der Waals surface area (Å²) in [6.45, 7) is 3.75. The number of thiazole rings is 1. The van der Waals surface area contributed by atoms with Crippen LogP contribution in [0.3, 0.4) is 0 Å². The molecule has 0 amide bonds. The molecule has 0 N–H and O–H groups in total. The number of carbonyl (C=O) groups excluding carboxylic acids is 1. The minimum atomic E-state index is -0.0200. The summed E-state index contributed by atoms with van der Waals surface area (Å²) >= 11 is 1.55. The van der Waals surface area contributed by atoms with E-state index in [0.717, 1.165) is 16.5 Å². The van der Waals surface area contributed by atoms with Gasteiger partial charge in [-0.25, -0.2) is 4.98 Å². The molecule has 2 rings (SSSR count). The predicted octanol–water partition coefficient (Wildman–Crippen LogP) is 2.78. The molecule has 0 atom stereocenters. The highest BCUT2D eigenvalue weighted by Gasteiger charge is 2.12. The number of nitrogens with zero attached hydrogens (tertiary/aromatic N) is 1. The molecule has 0 spiro atoms. The minimum absolute atomic E-state index is 0.0200. The molecule has 0 saturated carbocycles. The molecule has 4 heteroatoms. The van der Waals surface area contributed by atoms with Gasteiger partial charge in [-0.3, -0.25) is 4.79 Å². The van der Waals surface area contributed by atoms with E-state index in [0.29, 0.717) is 12.2 Å². The molecular formula is C11H11NO2S. The van der Waals surface area contributed by atoms with E-state index in [1.165, 1.54) is 0 Å². The standard InChI is InChI=1S/C11H11NO2S/c1-7-3-4-11(14-7)10(13)5-9-6-15-8(2)12-9/h3-4,6H,5H2,1-2H3. The van der Waals surface area contributed by atoms with E-state index in [1.54, 1.807) is 23.5 Å². The minimum Gasteiger partial charge on any atom is -0.458 e. The quantitative estimate of drug-likeness (QED) is 0.748. The van der Waals surface area contributed by atoms with Gasteiger partial charge in [-0.15, -0.1) is 11.3 Å². The van der Waals surface area contributed by atoms with Crippen molar-refractivity contribution in [1.82, 2.24) is 4.98 Å². The highest BCUT2D eigenvalue weighted by atomic mass is 32.1. The molecule has 15 heavy (non-hydrogen) atoms. The fourth-order valence-corrected chi connectivity index (χ4v) is 1.94. The zero-order chi connectivity index (χ0) is 10.8. The molecule has 2 aromatic heterocycles. The predicted molar refractivity (Wildman–Crippen MR) is 58.3 cm³/mol. The van der Waals surface area contributed by atoms with Gasteiger partial charge in [0.1, 0.15) is 5.76 Å². The van der Waals surface area contributed by atoms with E-state index < -0.39 is 0 Å². The van der Waals surface area contributed by atoms with Crippen LogP contribution in [-0.2, 0) is 6.42 Å². The summed E-state index contributed by atoms with van der Waals surface area (Å²) in [6, 6.07) is 3.50. The van der Waals surface area contributed by atoms with Crippen molar-refractivity contribution in [2.75, 3.05) is 0 Å². The molecule has 2 heterocycles. The number of hydrogen-bond acceptors (Lipinski definition) is 4. The first-order chi connectivity index (χ1) is 7.15. The van der Waals surface area contributed by atoms with Crippen molar-refractivity contribution in [1.29, 1.82) is 0 Å². The number of Topliss-reactive ketones (excluding diaryl/α,β-unsaturated/α-hetero) is 1. The Labute approximate surface area is 91.8 Å². The Bertz CT molecular complexity index is 484. The Balaban J connectivity index is 2.10. The number of rotatable bonds is 3. The summed E-state index contributed by atoms with van der Waals surface area (Å²) in [5, 5.41) is 2.89. The van der Waals surface area contributed by atoms with Gasteiger partial charge in [0.05, 0.1) is 17.1 Å². The summed E-state index contributed by atoms with van der Waals surface area (Å²) < 4.78 is 5.25. The number of aryl methyl sites for hydroxylation is 2. The molecule has 0 fully saturated rings. The molecule has 3 nitrogen and oxygen atoms in total. The molecule has 0 bridgehead atoms. The van der Waals surface area contributed by atoms with Gasteiger partial charge in [0.25, 0.3) is 0 Å². The van der Waals surface area contributed by atoms with E-state index in [9.17, 15) is 4.79 Å². The van der Waals surface area contributed by atoms with Crippen molar-refractivity contribution in [2.45, 2.75) is 20.3 Å². The van der Waals surface area contributed by atoms with Gasteiger partial charge in [-0.05, 0) is 26.0 Å². The lowest BCUT2D eigenvalue weighted by Gasteiger charge is -1.93. The van der Waals surface area contributed by atoms with E-state index in [4.69, 9.17) is 4.42 Å². The zero-order valence-electron chi connectivity index (χ0n) is 8.61. The van der Waals surface area contributed by atoms with E-state index >= 15 is 0 Å². The van der Waals surface area contributed by atoms with E-state index in [1.807, 2.05) is 19.2 Å². The van der Waals surface area contributed by atoms with Gasteiger partial charge < -0.3 is 4.42 Å². The molecule has 0 aliphatic heterocycles. The van der Waals surface area contributed by atoms with Gasteiger partial charge in [-0.2, -0.15) is 0 Å². The highest BCUT2D eigenvalue weighted by Crippen LogP contribution is 2.13. The highest BCUT2D eigenvalue weighted by molar-refractivity contribution is 7.09. The topological polar surface area (TPSA) is 43.1 Å². The van der Waals surface area contributed by atoms with Gasteiger partial charge >= 0.3 is 0 Å². The van der Waals surface area contributed by atoms with Crippen LogP contribution in [0.15, 0.2) is 21.9 Å². The van der Waals surface area contributed by atoms with E-state index in [-0.39, 0.29) is 5.78 Å². The van der Waals surface area contributed by atoms with Crippen molar-refractivity contribution >= 4 is 17.1 Å². The summed E-state index contributed by atoms with van der Waals surface area (Å²) in [6.07, 6.45) is 0.317. The number of carbonyl (C=O) groups is 1. The first kappa shape index (κ1) is 10.1. The lowest BCUT2D eigenvalue weighted by atomic mass is 10.2. The Hall–Kier alpha value is -1.42. The van der Waals surface area contributed by atoms with Gasteiger partial charge in [-0.1, -0.05) is 0 Å². The van der Waals surface area contributed by atoms with E-state index in [2.05, 4.69) is 4.98 Å². The Morgan fingerprint density at radius 2 is 2.27 bits per heavy atom. The average Bonchev–Trinajstić information content (AvgIpc) is 2.75. The van der Waals surface area contributed by atoms with Crippen LogP contribution >= 0.6 is 11.3 Å². The molecule has 0 unspecified atom stereocenters. The molecule has 0 aliphatic rings. The van der Waals surface area contributed by atoms with Crippen LogP contribution in [0.2, 0.25) is 0 Å². The average molecular weight is 221 g/mol. The molecule has 0 saturated heterocycles. The van der Waals surface area contributed by atoms with Crippen LogP contribution in [-0.4, -0.2) is 10.8 Å². The molecule has 0 aliphatic carbocycles. The molecule has 0 radical (unpaired) electrons. The van der Waals surface area contributed by atoms with Crippen LogP contribution in [0.25, 0.3) is 0 Å². The Kier molecular flexibility index (Phi) is 2.68. The zero-order valence-corrected chi connectivity index (χ0v) is 9.43. The second-order valence-corrected chi connectivity index (χ2v) is 4.43. The lowest BCUT2D eigenvalue weighted by molar-refractivity contribution is 0.0964. The Morgan fingerprint density at radius 3 is 2.80 bits per heavy atom. The SMILES string of the molecule is Cc1ccc(C(=O)Cc2csc(C)n2)o1. The second kappa shape index (κ2) is 3.98. The summed E-state index contributed by atoms with van der Waals surface area (Å²) in [7, 11) is 0. The number of ketones is 1.